The molecule has 1 heterocycles. The van der Waals surface area contributed by atoms with Crippen LogP contribution >= 0.6 is 0 Å². The molecule has 2 heteroatoms. The van der Waals surface area contributed by atoms with Crippen LogP contribution in [-0.4, -0.2) is 10.1 Å². The van der Waals surface area contributed by atoms with E-state index in [0.29, 0.717) is 0 Å². The van der Waals surface area contributed by atoms with Gasteiger partial charge >= 0.3 is 0 Å². The Bertz CT molecular complexity index is 762. The normalized spacial score (nSPS) is 14.2. The molecule has 3 rings (SSSR count). The molecule has 1 unspecified atom stereocenters. The van der Waals surface area contributed by atoms with Crippen LogP contribution in [0.25, 0.3) is 10.9 Å². The number of aryl methyl sites for hydroxylation is 1. The molecule has 20 heavy (non-hydrogen) atoms. The average Bonchev–Trinajstić information content (AvgIpc) is 2.47. The van der Waals surface area contributed by atoms with Crippen molar-refractivity contribution in [3.05, 3.63) is 77.5 Å². The maximum atomic E-state index is 11.0. The van der Waals surface area contributed by atoms with E-state index >= 15 is 0 Å². The molecule has 0 saturated carbocycles. The van der Waals surface area contributed by atoms with Crippen molar-refractivity contribution in [1.29, 1.82) is 0 Å². The number of aromatic nitrogens is 1. The predicted octanol–water partition coefficient (Wildman–Crippen LogP) is 3.80. The number of nitrogens with zero attached hydrogens (tertiary/aromatic N) is 1. The first-order chi connectivity index (χ1) is 9.59. The molecule has 0 bridgehead atoms. The number of benzene rings is 2. The Morgan fingerprint density at radius 2 is 1.80 bits per heavy atom. The summed E-state index contributed by atoms with van der Waals surface area (Å²) >= 11 is 0. The van der Waals surface area contributed by atoms with Gasteiger partial charge in [-0.05, 0) is 42.7 Å². The molecule has 0 aliphatic rings. The summed E-state index contributed by atoms with van der Waals surface area (Å²) in [5.74, 6) is 0. The fraction of sp³-hybridized carbons (Fsp3) is 0.167. The molecule has 0 radical (unpaired) electrons. The summed E-state index contributed by atoms with van der Waals surface area (Å²) in [5.41, 5.74) is 2.75. The lowest BCUT2D eigenvalue weighted by molar-refractivity contribution is 0.102. The number of fused-ring (bicyclic) bond motifs is 1. The van der Waals surface area contributed by atoms with Gasteiger partial charge in [-0.2, -0.15) is 0 Å². The third kappa shape index (κ3) is 2.08. The molecule has 0 amide bonds. The summed E-state index contributed by atoms with van der Waals surface area (Å²) in [4.78, 5) is 4.36. The molecular weight excluding hydrogens is 246 g/mol. The van der Waals surface area contributed by atoms with Crippen LogP contribution in [0, 0.1) is 6.92 Å². The molecule has 0 saturated heterocycles. The van der Waals surface area contributed by atoms with Crippen LogP contribution < -0.4 is 0 Å². The minimum Gasteiger partial charge on any atom is -0.381 e. The molecule has 1 aromatic heterocycles. The molecule has 1 atom stereocenters. The Morgan fingerprint density at radius 1 is 1.00 bits per heavy atom. The molecule has 2 nitrogen and oxygen atoms in total. The second kappa shape index (κ2) is 4.73. The number of rotatable bonds is 2. The first kappa shape index (κ1) is 12.8. The third-order valence-electron chi connectivity index (χ3n) is 3.84. The van der Waals surface area contributed by atoms with Gasteiger partial charge in [0.05, 0.1) is 5.52 Å². The second-order valence-electron chi connectivity index (χ2n) is 5.30. The van der Waals surface area contributed by atoms with Crippen molar-refractivity contribution in [3.63, 3.8) is 0 Å². The summed E-state index contributed by atoms with van der Waals surface area (Å²) in [5, 5.41) is 12.1. The highest BCUT2D eigenvalue weighted by molar-refractivity contribution is 5.79. The Kier molecular flexibility index (Phi) is 3.03. The predicted molar refractivity (Wildman–Crippen MR) is 81.6 cm³/mol. The lowest BCUT2D eigenvalue weighted by atomic mass is 9.85. The first-order valence-corrected chi connectivity index (χ1v) is 6.73. The molecule has 3 aromatic rings. The van der Waals surface area contributed by atoms with Crippen LogP contribution in [0.4, 0.5) is 0 Å². The minimum absolute atomic E-state index is 0.859. The van der Waals surface area contributed by atoms with E-state index in [0.717, 1.165) is 27.6 Å². The van der Waals surface area contributed by atoms with Gasteiger partial charge in [-0.25, -0.2) is 0 Å². The van der Waals surface area contributed by atoms with Crippen LogP contribution in [0.5, 0.6) is 0 Å². The van der Waals surface area contributed by atoms with Crippen molar-refractivity contribution in [2.24, 2.45) is 0 Å². The molecule has 2 aromatic carbocycles. The van der Waals surface area contributed by atoms with Gasteiger partial charge in [0.1, 0.15) is 5.60 Å². The van der Waals surface area contributed by atoms with E-state index in [9.17, 15) is 5.11 Å². The van der Waals surface area contributed by atoms with Crippen molar-refractivity contribution < 1.29 is 5.11 Å². The SMILES string of the molecule is Cc1ccccc1C(C)(O)c1ccc2cccnc2c1. The number of hydrogen-bond donors (Lipinski definition) is 1. The zero-order valence-corrected chi connectivity index (χ0v) is 11.7. The summed E-state index contributed by atoms with van der Waals surface area (Å²) in [6.45, 7) is 3.85. The number of pyridine rings is 1. The van der Waals surface area contributed by atoms with Gasteiger partial charge in [0.25, 0.3) is 0 Å². The highest BCUT2D eigenvalue weighted by Crippen LogP contribution is 2.32. The zero-order chi connectivity index (χ0) is 14.2. The monoisotopic (exact) mass is 263 g/mol. The van der Waals surface area contributed by atoms with Crippen molar-refractivity contribution in [2.45, 2.75) is 19.4 Å². The van der Waals surface area contributed by atoms with Gasteiger partial charge in [-0.1, -0.05) is 42.5 Å². The summed E-state index contributed by atoms with van der Waals surface area (Å²) in [6, 6.07) is 17.8. The summed E-state index contributed by atoms with van der Waals surface area (Å²) < 4.78 is 0. The van der Waals surface area contributed by atoms with Crippen LogP contribution in [0.3, 0.4) is 0 Å². The molecule has 100 valence electrons. The van der Waals surface area contributed by atoms with Crippen LogP contribution in [0.15, 0.2) is 60.8 Å². The smallest absolute Gasteiger partial charge is 0.112 e. The van der Waals surface area contributed by atoms with Crippen LogP contribution in [-0.2, 0) is 5.60 Å². The van der Waals surface area contributed by atoms with E-state index < -0.39 is 5.60 Å². The van der Waals surface area contributed by atoms with Gasteiger partial charge < -0.3 is 5.11 Å². The average molecular weight is 263 g/mol. The Hall–Kier alpha value is -2.19. The van der Waals surface area contributed by atoms with Crippen LogP contribution in [0.1, 0.15) is 23.6 Å². The second-order valence-corrected chi connectivity index (χ2v) is 5.30. The van der Waals surface area contributed by atoms with Crippen LogP contribution in [0.2, 0.25) is 0 Å². The van der Waals surface area contributed by atoms with Gasteiger partial charge in [0, 0.05) is 11.6 Å². The fourth-order valence-corrected chi connectivity index (χ4v) is 2.64. The largest absolute Gasteiger partial charge is 0.381 e. The third-order valence-corrected chi connectivity index (χ3v) is 3.84. The van der Waals surface area contributed by atoms with E-state index in [4.69, 9.17) is 0 Å². The van der Waals surface area contributed by atoms with Crippen molar-refractivity contribution >= 4 is 10.9 Å². The Balaban J connectivity index is 2.16. The van der Waals surface area contributed by atoms with E-state index in [1.165, 1.54) is 0 Å². The Morgan fingerprint density at radius 3 is 2.60 bits per heavy atom. The first-order valence-electron chi connectivity index (χ1n) is 6.73. The minimum atomic E-state index is -1.02. The highest BCUT2D eigenvalue weighted by atomic mass is 16.3. The summed E-state index contributed by atoms with van der Waals surface area (Å²) in [7, 11) is 0. The molecule has 0 fully saturated rings. The standard InChI is InChI=1S/C18H17NO/c1-13-6-3-4-8-16(13)18(2,20)15-10-9-14-7-5-11-19-17(14)12-15/h3-12,20H,1-2H3. The maximum absolute atomic E-state index is 11.0. The topological polar surface area (TPSA) is 33.1 Å². The highest BCUT2D eigenvalue weighted by Gasteiger charge is 2.27. The summed E-state index contributed by atoms with van der Waals surface area (Å²) in [6.07, 6.45) is 1.77. The van der Waals surface area contributed by atoms with Crippen molar-refractivity contribution in [1.82, 2.24) is 4.98 Å². The molecular formula is C18H17NO. The molecule has 0 aliphatic carbocycles. The van der Waals surface area contributed by atoms with Gasteiger partial charge in [0.2, 0.25) is 0 Å². The van der Waals surface area contributed by atoms with Crippen molar-refractivity contribution in [2.75, 3.05) is 0 Å². The van der Waals surface area contributed by atoms with Gasteiger partial charge in [-0.15, -0.1) is 0 Å². The number of hydrogen-bond acceptors (Lipinski definition) is 2. The van der Waals surface area contributed by atoms with Gasteiger partial charge in [-0.3, -0.25) is 4.98 Å². The lowest BCUT2D eigenvalue weighted by Crippen LogP contribution is -2.23. The molecule has 0 aliphatic heterocycles. The lowest BCUT2D eigenvalue weighted by Gasteiger charge is -2.26. The van der Waals surface area contributed by atoms with E-state index in [-0.39, 0.29) is 0 Å². The van der Waals surface area contributed by atoms with Crippen molar-refractivity contribution in [3.8, 4) is 0 Å². The van der Waals surface area contributed by atoms with Gasteiger partial charge in [0.15, 0.2) is 0 Å². The number of aliphatic hydroxyl groups is 1. The van der Waals surface area contributed by atoms with E-state index in [2.05, 4.69) is 4.98 Å². The maximum Gasteiger partial charge on any atom is 0.112 e. The molecule has 1 N–H and O–H groups in total. The van der Waals surface area contributed by atoms with E-state index in [1.807, 2.05) is 68.4 Å². The fourth-order valence-electron chi connectivity index (χ4n) is 2.64. The molecule has 0 spiro atoms. The Labute approximate surface area is 118 Å². The quantitative estimate of drug-likeness (QED) is 0.763. The van der Waals surface area contributed by atoms with E-state index in [1.54, 1.807) is 6.20 Å². The zero-order valence-electron chi connectivity index (χ0n) is 11.7.